The molecule has 2 aromatic carbocycles. The van der Waals surface area contributed by atoms with Crippen molar-refractivity contribution in [2.45, 2.75) is 105 Å². The lowest BCUT2D eigenvalue weighted by molar-refractivity contribution is -0.196. The van der Waals surface area contributed by atoms with Crippen LogP contribution in [0.25, 0.3) is 5.57 Å². The largest absolute Gasteiger partial charge is 0.489 e. The van der Waals surface area contributed by atoms with Crippen LogP contribution in [0.2, 0.25) is 5.02 Å². The molecule has 408 valence electrons. The number of carbonyl (C=O) groups excluding carboxylic acids is 4. The first-order valence-corrected chi connectivity index (χ1v) is 27.5. The lowest BCUT2D eigenvalue weighted by Gasteiger charge is -2.63. The maximum Gasteiger partial charge on any atom is 0.234 e. The molecule has 2 saturated carbocycles. The number of benzene rings is 2. The SMILES string of the molecule is CC1=C(c2ccc(C(CO)NC(=O)[C@@H]3CC(O)CC3C(=O)C(NC(=O)CN3CCN(CCN4CCN(c5ccc(C(=O)CC6C(C)(C)C(Oc7ccc(C#N)c(Cl)c7)C6(C)C)cn5)CC4)CC3)C(C)(C)C)cc2)CC=N1. The quantitative estimate of drug-likeness (QED) is 0.0938. The number of rotatable bonds is 19. The molecule has 2 aliphatic carbocycles. The molecule has 2 saturated heterocycles. The molecule has 16 nitrogen and oxygen atoms in total. The zero-order valence-corrected chi connectivity index (χ0v) is 46.4. The summed E-state index contributed by atoms with van der Waals surface area (Å²) in [6.45, 7) is 24.5. The Kier molecular flexibility index (Phi) is 17.6. The number of halogens is 1. The Morgan fingerprint density at radius 2 is 1.50 bits per heavy atom. The minimum Gasteiger partial charge on any atom is -0.489 e. The second-order valence-electron chi connectivity index (χ2n) is 24.0. The molecule has 17 heteroatoms. The lowest BCUT2D eigenvalue weighted by Crippen LogP contribution is -2.66. The summed E-state index contributed by atoms with van der Waals surface area (Å²) in [5.74, 6) is -0.887. The van der Waals surface area contributed by atoms with E-state index in [1.165, 1.54) is 0 Å². The van der Waals surface area contributed by atoms with Gasteiger partial charge in [-0.15, -0.1) is 0 Å². The molecule has 4 N–H and O–H groups in total. The average Bonchev–Trinajstić information content (AvgIpc) is 4.09. The minimum atomic E-state index is -0.867. The van der Waals surface area contributed by atoms with Gasteiger partial charge in [-0.1, -0.05) is 84.3 Å². The van der Waals surface area contributed by atoms with Crippen molar-refractivity contribution in [1.29, 1.82) is 5.26 Å². The average molecular weight is 1060 g/mol. The molecule has 0 radical (unpaired) electrons. The monoisotopic (exact) mass is 1060 g/mol. The summed E-state index contributed by atoms with van der Waals surface area (Å²) in [5.41, 5.74) is 3.68. The van der Waals surface area contributed by atoms with Crippen molar-refractivity contribution in [2.75, 3.05) is 83.5 Å². The highest BCUT2D eigenvalue weighted by Gasteiger charge is 2.63. The Morgan fingerprint density at radius 1 is 0.868 bits per heavy atom. The Balaban J connectivity index is 0.747. The van der Waals surface area contributed by atoms with E-state index in [2.05, 4.69) is 69.0 Å². The van der Waals surface area contributed by atoms with E-state index < -0.39 is 41.3 Å². The number of aliphatic imine (C=N–C) groups is 1. The van der Waals surface area contributed by atoms with E-state index in [9.17, 15) is 34.7 Å². The van der Waals surface area contributed by atoms with Gasteiger partial charge in [0.05, 0.1) is 47.8 Å². The van der Waals surface area contributed by atoms with Crippen molar-refractivity contribution in [3.05, 3.63) is 93.8 Å². The van der Waals surface area contributed by atoms with E-state index in [4.69, 9.17) is 21.3 Å². The molecule has 0 spiro atoms. The molecule has 4 fully saturated rings. The van der Waals surface area contributed by atoms with Gasteiger partial charge in [-0.05, 0) is 72.1 Å². The second kappa shape index (κ2) is 23.6. The number of ether oxygens (including phenoxy) is 1. The number of carbonyl (C=O) groups is 4. The Hall–Kier alpha value is -5.54. The number of nitrogens with zero attached hydrogens (tertiary/aromatic N) is 7. The standard InChI is InChI=1S/C59H78ClN9O7/c1-37-44(17-18-62-37)38-9-11-39(12-10-38)48(36-70)64-55(75)46-30-42(71)29-45(46)53(74)54(57(2,3)4)65-52(73)35-68-23-21-66(22-24-68)19-20-67-25-27-69(28-26-67)51-16-14-41(34-63-51)49(72)32-50-58(5,6)56(59(50,7)8)76-43-15-13-40(33-61)47(60)31-43/h9-16,18,31,34,42,45-46,48,50,54,56,70-71H,17,19-30,32,35-36H2,1-8H3,(H,64,75)(H,65,73)/t42?,45?,46-,48?,50?,54?,56?/m1/s1. The Bertz CT molecular complexity index is 2680. The second-order valence-corrected chi connectivity index (χ2v) is 24.4. The van der Waals surface area contributed by atoms with Crippen molar-refractivity contribution < 1.29 is 34.1 Å². The maximum atomic E-state index is 14.4. The number of hydrogen-bond donors (Lipinski definition) is 4. The molecule has 0 bridgehead atoms. The van der Waals surface area contributed by atoms with Crippen LogP contribution in [-0.4, -0.2) is 156 Å². The number of Topliss-reactive ketones (excluding diaryl/α,β-unsaturated/α-hetero) is 2. The summed E-state index contributed by atoms with van der Waals surface area (Å²) >= 11 is 6.28. The number of aromatic nitrogens is 1. The number of ketones is 2. The van der Waals surface area contributed by atoms with Crippen LogP contribution in [0, 0.1) is 45.3 Å². The first-order valence-electron chi connectivity index (χ1n) is 27.1. The van der Waals surface area contributed by atoms with Gasteiger partial charge in [-0.3, -0.25) is 38.9 Å². The summed E-state index contributed by atoms with van der Waals surface area (Å²) < 4.78 is 6.43. The summed E-state index contributed by atoms with van der Waals surface area (Å²) in [6, 6.07) is 17.2. The predicted octanol–water partition coefficient (Wildman–Crippen LogP) is 6.59. The first-order chi connectivity index (χ1) is 36.1. The summed E-state index contributed by atoms with van der Waals surface area (Å²) in [4.78, 5) is 74.0. The highest BCUT2D eigenvalue weighted by atomic mass is 35.5. The van der Waals surface area contributed by atoms with Crippen molar-refractivity contribution >= 4 is 52.6 Å². The van der Waals surface area contributed by atoms with Crippen LogP contribution in [0.5, 0.6) is 5.75 Å². The van der Waals surface area contributed by atoms with E-state index in [0.29, 0.717) is 28.3 Å². The van der Waals surface area contributed by atoms with E-state index in [-0.39, 0.29) is 66.3 Å². The maximum absolute atomic E-state index is 14.4. The van der Waals surface area contributed by atoms with Crippen molar-refractivity contribution in [3.8, 4) is 11.8 Å². The number of nitriles is 1. The topological polar surface area (TPSA) is 204 Å². The van der Waals surface area contributed by atoms with E-state index in [1.807, 2.05) is 70.3 Å². The number of nitrogens with one attached hydrogen (secondary N) is 2. The van der Waals surface area contributed by atoms with Gasteiger partial charge in [-0.25, -0.2) is 4.98 Å². The number of aliphatic hydroxyl groups is 2. The van der Waals surface area contributed by atoms with Crippen LogP contribution in [0.15, 0.2) is 71.5 Å². The van der Waals surface area contributed by atoms with Crippen LogP contribution >= 0.6 is 11.6 Å². The number of hydrogen-bond acceptors (Lipinski definition) is 14. The van der Waals surface area contributed by atoms with Gasteiger partial charge >= 0.3 is 0 Å². The van der Waals surface area contributed by atoms with Crippen LogP contribution < -0.4 is 20.3 Å². The molecule has 1 aromatic heterocycles. The molecule has 4 heterocycles. The number of allylic oxidation sites excluding steroid dienone is 2. The van der Waals surface area contributed by atoms with Gasteiger partial charge in [0.25, 0.3) is 0 Å². The molecule has 8 rings (SSSR count). The fourth-order valence-electron chi connectivity index (χ4n) is 12.7. The number of anilines is 1. The van der Waals surface area contributed by atoms with Crippen molar-refractivity contribution in [3.63, 3.8) is 0 Å². The summed E-state index contributed by atoms with van der Waals surface area (Å²) in [5, 5.41) is 36.7. The van der Waals surface area contributed by atoms with Gasteiger partial charge in [0.15, 0.2) is 11.6 Å². The number of piperazine rings is 2. The van der Waals surface area contributed by atoms with Gasteiger partial charge < -0.3 is 30.5 Å². The highest BCUT2D eigenvalue weighted by molar-refractivity contribution is 6.31. The minimum absolute atomic E-state index is 0.0656. The summed E-state index contributed by atoms with van der Waals surface area (Å²) in [6.07, 6.45) is 3.99. The summed E-state index contributed by atoms with van der Waals surface area (Å²) in [7, 11) is 0. The van der Waals surface area contributed by atoms with Gasteiger partial charge in [0.1, 0.15) is 23.7 Å². The number of amides is 2. The zero-order chi connectivity index (χ0) is 54.7. The van der Waals surface area contributed by atoms with Crippen molar-refractivity contribution in [1.82, 2.24) is 30.3 Å². The normalized spacial score (nSPS) is 24.6. The third kappa shape index (κ3) is 12.7. The fourth-order valence-corrected chi connectivity index (χ4v) is 12.9. The molecular weight excluding hydrogens is 982 g/mol. The highest BCUT2D eigenvalue weighted by Crippen LogP contribution is 2.62. The van der Waals surface area contributed by atoms with Crippen LogP contribution in [0.1, 0.15) is 114 Å². The third-order valence-electron chi connectivity index (χ3n) is 17.1. The molecule has 3 aliphatic heterocycles. The molecule has 4 unspecified atom stereocenters. The first kappa shape index (κ1) is 56.7. The van der Waals surface area contributed by atoms with Gasteiger partial charge in [-0.2, -0.15) is 5.26 Å². The Labute approximate surface area is 453 Å². The van der Waals surface area contributed by atoms with Gasteiger partial charge in [0, 0.05) is 125 Å². The molecule has 5 atom stereocenters. The molecule has 5 aliphatic rings. The van der Waals surface area contributed by atoms with Crippen LogP contribution in [0.4, 0.5) is 5.82 Å². The van der Waals surface area contributed by atoms with E-state index in [0.717, 1.165) is 100 Å². The zero-order valence-electron chi connectivity index (χ0n) is 45.7. The third-order valence-corrected chi connectivity index (χ3v) is 17.4. The van der Waals surface area contributed by atoms with Crippen LogP contribution in [0.3, 0.4) is 0 Å². The smallest absolute Gasteiger partial charge is 0.234 e. The molecule has 2 amide bonds. The van der Waals surface area contributed by atoms with E-state index in [1.54, 1.807) is 24.4 Å². The lowest BCUT2D eigenvalue weighted by atomic mass is 9.44. The number of pyridine rings is 1. The molecule has 76 heavy (non-hydrogen) atoms. The van der Waals surface area contributed by atoms with Crippen LogP contribution in [-0.2, 0) is 14.4 Å². The van der Waals surface area contributed by atoms with E-state index >= 15 is 0 Å². The molecule has 3 aromatic rings. The number of aliphatic hydroxyl groups excluding tert-OH is 2. The fraction of sp³-hybridized carbons (Fsp3) is 0.576. The molecular formula is C59H78ClN9O7. The predicted molar refractivity (Wildman–Crippen MR) is 295 cm³/mol. The van der Waals surface area contributed by atoms with Crippen molar-refractivity contribution in [2.24, 2.45) is 39.0 Å². The van der Waals surface area contributed by atoms with Gasteiger partial charge in [0.2, 0.25) is 11.8 Å². The Morgan fingerprint density at radius 3 is 2.07 bits per heavy atom.